The Morgan fingerprint density at radius 2 is 2.27 bits per heavy atom. The molecule has 0 saturated heterocycles. The maximum absolute atomic E-state index is 12.2. The number of carbonyl (C=O) groups excluding carboxylic acids is 1. The summed E-state index contributed by atoms with van der Waals surface area (Å²) in [5.41, 5.74) is 2.29. The summed E-state index contributed by atoms with van der Waals surface area (Å²) >= 11 is 5.97. The van der Waals surface area contributed by atoms with Crippen molar-refractivity contribution < 1.29 is 9.53 Å². The predicted molar refractivity (Wildman–Crippen MR) is 83.1 cm³/mol. The lowest BCUT2D eigenvalue weighted by atomic mass is 10.1. The summed E-state index contributed by atoms with van der Waals surface area (Å²) in [5.74, 6) is 0.0407. The van der Waals surface area contributed by atoms with Gasteiger partial charge in [0.15, 0.2) is 0 Å². The van der Waals surface area contributed by atoms with Gasteiger partial charge >= 0.3 is 0 Å². The fourth-order valence-electron chi connectivity index (χ4n) is 2.16. The number of hydrogen-bond acceptors (Lipinski definition) is 4. The third-order valence-electron chi connectivity index (χ3n) is 3.28. The first-order valence-corrected chi connectivity index (χ1v) is 6.95. The maximum atomic E-state index is 12.2. The van der Waals surface area contributed by atoms with E-state index in [-0.39, 0.29) is 5.91 Å². The van der Waals surface area contributed by atoms with Crippen LogP contribution < -0.4 is 10.1 Å². The molecule has 3 rings (SSSR count). The first kappa shape index (κ1) is 14.3. The third kappa shape index (κ3) is 2.73. The van der Waals surface area contributed by atoms with Gasteiger partial charge in [-0.3, -0.25) is 9.89 Å². The van der Waals surface area contributed by atoms with E-state index in [2.05, 4.69) is 20.5 Å². The van der Waals surface area contributed by atoms with Crippen LogP contribution in [0.2, 0.25) is 5.02 Å². The topological polar surface area (TPSA) is 79.9 Å². The van der Waals surface area contributed by atoms with E-state index in [1.54, 1.807) is 6.20 Å². The zero-order valence-corrected chi connectivity index (χ0v) is 12.5. The molecule has 22 heavy (non-hydrogen) atoms. The number of nitrogens with one attached hydrogen (secondary N) is 2. The van der Waals surface area contributed by atoms with Gasteiger partial charge in [-0.25, -0.2) is 4.98 Å². The summed E-state index contributed by atoms with van der Waals surface area (Å²) in [5, 5.41) is 11.0. The van der Waals surface area contributed by atoms with E-state index in [0.29, 0.717) is 23.0 Å². The van der Waals surface area contributed by atoms with E-state index in [1.807, 2.05) is 18.2 Å². The zero-order valence-electron chi connectivity index (χ0n) is 11.8. The fourth-order valence-corrected chi connectivity index (χ4v) is 2.40. The summed E-state index contributed by atoms with van der Waals surface area (Å²) in [6.07, 6.45) is 3.17. The Morgan fingerprint density at radius 3 is 3.05 bits per heavy atom. The summed E-state index contributed by atoms with van der Waals surface area (Å²) in [4.78, 5) is 16.2. The van der Waals surface area contributed by atoms with Gasteiger partial charge in [-0.15, -0.1) is 0 Å². The monoisotopic (exact) mass is 316 g/mol. The number of pyridine rings is 1. The highest BCUT2D eigenvalue weighted by Crippen LogP contribution is 2.22. The van der Waals surface area contributed by atoms with E-state index in [1.165, 1.54) is 19.4 Å². The van der Waals surface area contributed by atoms with Crippen LogP contribution in [0.15, 0.2) is 36.7 Å². The van der Waals surface area contributed by atoms with Crippen LogP contribution in [0, 0.1) is 0 Å². The van der Waals surface area contributed by atoms with Gasteiger partial charge in [0, 0.05) is 18.1 Å². The molecule has 0 spiro atoms. The Labute approximate surface area is 131 Å². The average Bonchev–Trinajstić information content (AvgIpc) is 3.01. The number of halogens is 1. The largest absolute Gasteiger partial charge is 0.480 e. The van der Waals surface area contributed by atoms with Crippen molar-refractivity contribution >= 4 is 28.4 Å². The minimum Gasteiger partial charge on any atom is -0.480 e. The number of ether oxygens (including phenoxy) is 1. The van der Waals surface area contributed by atoms with E-state index in [4.69, 9.17) is 16.3 Å². The van der Waals surface area contributed by atoms with Crippen LogP contribution in [-0.4, -0.2) is 28.2 Å². The van der Waals surface area contributed by atoms with Gasteiger partial charge in [-0.2, -0.15) is 5.10 Å². The molecule has 0 unspecified atom stereocenters. The number of benzene rings is 1. The second-order valence-corrected chi connectivity index (χ2v) is 5.05. The lowest BCUT2D eigenvalue weighted by Crippen LogP contribution is -2.23. The second-order valence-electron chi connectivity index (χ2n) is 4.65. The number of H-pyrrole nitrogens is 1. The van der Waals surface area contributed by atoms with E-state index in [0.717, 1.165) is 16.5 Å². The normalized spacial score (nSPS) is 10.6. The van der Waals surface area contributed by atoms with Gasteiger partial charge in [0.25, 0.3) is 5.91 Å². The lowest BCUT2D eigenvalue weighted by Gasteiger charge is -2.07. The van der Waals surface area contributed by atoms with Crippen molar-refractivity contribution in [3.8, 4) is 5.88 Å². The molecule has 0 fully saturated rings. The summed E-state index contributed by atoms with van der Waals surface area (Å²) in [6.45, 7) is 0.388. The van der Waals surface area contributed by atoms with Crippen molar-refractivity contribution in [3.05, 3.63) is 52.8 Å². The number of rotatable bonds is 4. The van der Waals surface area contributed by atoms with Crippen molar-refractivity contribution in [3.63, 3.8) is 0 Å². The molecular weight excluding hydrogens is 304 g/mol. The molecule has 112 valence electrons. The molecule has 0 aliphatic rings. The quantitative estimate of drug-likeness (QED) is 0.775. The third-order valence-corrected chi connectivity index (χ3v) is 3.55. The number of hydrogen-bond donors (Lipinski definition) is 2. The fraction of sp³-hybridized carbons (Fsp3) is 0.133. The Bertz CT molecular complexity index is 831. The molecule has 0 aliphatic carbocycles. The Morgan fingerprint density at radius 1 is 1.41 bits per heavy atom. The molecule has 2 N–H and O–H groups in total. The second kappa shape index (κ2) is 6.03. The SMILES string of the molecule is COc1ncc(C(=O)NCc2cccc3[nH]ncc23)cc1Cl. The van der Waals surface area contributed by atoms with Gasteiger partial charge in [-0.05, 0) is 17.7 Å². The molecular formula is C15H13ClN4O2. The summed E-state index contributed by atoms with van der Waals surface area (Å²) in [7, 11) is 1.47. The molecule has 7 heteroatoms. The highest BCUT2D eigenvalue weighted by molar-refractivity contribution is 6.32. The smallest absolute Gasteiger partial charge is 0.253 e. The number of fused-ring (bicyclic) bond motifs is 1. The van der Waals surface area contributed by atoms with Crippen molar-refractivity contribution in [2.45, 2.75) is 6.54 Å². The lowest BCUT2D eigenvalue weighted by molar-refractivity contribution is 0.0950. The molecule has 1 amide bonds. The molecule has 0 bridgehead atoms. The molecule has 0 aliphatic heterocycles. The zero-order chi connectivity index (χ0) is 15.5. The Kier molecular flexibility index (Phi) is 3.93. The molecule has 1 aromatic carbocycles. The van der Waals surface area contributed by atoms with Gasteiger partial charge in [0.2, 0.25) is 5.88 Å². The number of nitrogens with zero attached hydrogens (tertiary/aromatic N) is 2. The summed E-state index contributed by atoms with van der Waals surface area (Å²) < 4.78 is 4.96. The molecule has 2 aromatic heterocycles. The highest BCUT2D eigenvalue weighted by atomic mass is 35.5. The van der Waals surface area contributed by atoms with E-state index >= 15 is 0 Å². The van der Waals surface area contributed by atoms with Crippen molar-refractivity contribution in [1.82, 2.24) is 20.5 Å². The van der Waals surface area contributed by atoms with Gasteiger partial charge in [0.1, 0.15) is 5.02 Å². The minimum absolute atomic E-state index is 0.252. The number of carbonyl (C=O) groups is 1. The van der Waals surface area contributed by atoms with Crippen LogP contribution in [0.4, 0.5) is 0 Å². The number of aromatic amines is 1. The summed E-state index contributed by atoms with van der Waals surface area (Å²) in [6, 6.07) is 7.31. The molecule has 0 atom stereocenters. The molecule has 2 heterocycles. The predicted octanol–water partition coefficient (Wildman–Crippen LogP) is 2.55. The van der Waals surface area contributed by atoms with Gasteiger partial charge in [0.05, 0.1) is 24.4 Å². The number of amides is 1. The van der Waals surface area contributed by atoms with E-state index in [9.17, 15) is 4.79 Å². The Hall–Kier alpha value is -2.60. The van der Waals surface area contributed by atoms with Crippen molar-refractivity contribution in [1.29, 1.82) is 0 Å². The van der Waals surface area contributed by atoms with Crippen LogP contribution in [0.5, 0.6) is 5.88 Å². The highest BCUT2D eigenvalue weighted by Gasteiger charge is 2.11. The van der Waals surface area contributed by atoms with Crippen LogP contribution in [0.25, 0.3) is 10.9 Å². The van der Waals surface area contributed by atoms with Crippen molar-refractivity contribution in [2.75, 3.05) is 7.11 Å². The average molecular weight is 317 g/mol. The van der Waals surface area contributed by atoms with E-state index < -0.39 is 0 Å². The number of aromatic nitrogens is 3. The number of methoxy groups -OCH3 is 1. The van der Waals surface area contributed by atoms with Crippen LogP contribution in [0.3, 0.4) is 0 Å². The minimum atomic E-state index is -0.252. The molecule has 3 aromatic rings. The van der Waals surface area contributed by atoms with Crippen LogP contribution in [-0.2, 0) is 6.54 Å². The standard InChI is InChI=1S/C15H13ClN4O2/c1-22-15-12(16)5-10(7-18-15)14(21)17-6-9-3-2-4-13-11(9)8-19-20-13/h2-5,7-8H,6H2,1H3,(H,17,21)(H,19,20). The first-order chi connectivity index (χ1) is 10.7. The molecule has 0 radical (unpaired) electrons. The molecule has 0 saturated carbocycles. The first-order valence-electron chi connectivity index (χ1n) is 6.57. The van der Waals surface area contributed by atoms with Gasteiger partial charge < -0.3 is 10.1 Å². The molecule has 6 nitrogen and oxygen atoms in total. The van der Waals surface area contributed by atoms with Gasteiger partial charge in [-0.1, -0.05) is 23.7 Å². The van der Waals surface area contributed by atoms with Crippen LogP contribution >= 0.6 is 11.6 Å². The van der Waals surface area contributed by atoms with Crippen molar-refractivity contribution in [2.24, 2.45) is 0 Å². The van der Waals surface area contributed by atoms with Crippen LogP contribution in [0.1, 0.15) is 15.9 Å². The Balaban J connectivity index is 1.75. The maximum Gasteiger partial charge on any atom is 0.253 e.